The van der Waals surface area contributed by atoms with Crippen LogP contribution in [0.2, 0.25) is 0 Å². The minimum absolute atomic E-state index is 0.0119. The van der Waals surface area contributed by atoms with Crippen LogP contribution in [0.4, 0.5) is 5.69 Å². The van der Waals surface area contributed by atoms with E-state index in [1.165, 1.54) is 19.3 Å². The van der Waals surface area contributed by atoms with Crippen LogP contribution in [0.1, 0.15) is 25.7 Å². The zero-order valence-corrected chi connectivity index (χ0v) is 11.9. The third-order valence-electron chi connectivity index (χ3n) is 3.90. The normalized spacial score (nSPS) is 16.2. The fraction of sp³-hybridized carbons (Fsp3) is 0.467. The number of carbonyl (C=O) groups is 1. The van der Waals surface area contributed by atoms with Gasteiger partial charge in [-0.05, 0) is 44.1 Å². The average Bonchev–Trinajstić information content (AvgIpc) is 2.85. The van der Waals surface area contributed by atoms with Crippen LogP contribution in [0.15, 0.2) is 23.0 Å². The fourth-order valence-corrected chi connectivity index (χ4v) is 2.78. The molecule has 21 heavy (non-hydrogen) atoms. The number of aromatic amines is 2. The first-order valence-corrected chi connectivity index (χ1v) is 7.45. The van der Waals surface area contributed by atoms with E-state index in [1.807, 2.05) is 0 Å². The Bertz CT molecular complexity index is 682. The maximum absolute atomic E-state index is 12.0. The monoisotopic (exact) mass is 288 g/mol. The van der Waals surface area contributed by atoms with Gasteiger partial charge in [0.25, 0.3) is 0 Å². The molecule has 3 N–H and O–H groups in total. The summed E-state index contributed by atoms with van der Waals surface area (Å²) in [6, 6.07) is 5.35. The SMILES string of the molecule is O=C(CCN1CCCCC1)Nc1ccc2[nH]c(=O)[nH]c2c1. The number of anilines is 1. The summed E-state index contributed by atoms with van der Waals surface area (Å²) < 4.78 is 0. The minimum atomic E-state index is -0.237. The first kappa shape index (κ1) is 13.9. The molecule has 112 valence electrons. The standard InChI is InChI=1S/C15H20N4O2/c20-14(6-9-19-7-2-1-3-8-19)16-11-4-5-12-13(10-11)18-15(21)17-12/h4-5,10H,1-3,6-9H2,(H,16,20)(H2,17,18,21). The Morgan fingerprint density at radius 2 is 1.90 bits per heavy atom. The van der Waals surface area contributed by atoms with Gasteiger partial charge < -0.3 is 20.2 Å². The highest BCUT2D eigenvalue weighted by atomic mass is 16.1. The van der Waals surface area contributed by atoms with E-state index in [4.69, 9.17) is 0 Å². The number of piperidine rings is 1. The molecular weight excluding hydrogens is 268 g/mol. The van der Waals surface area contributed by atoms with Crippen molar-refractivity contribution in [3.05, 3.63) is 28.7 Å². The van der Waals surface area contributed by atoms with Gasteiger partial charge in [-0.2, -0.15) is 0 Å². The van der Waals surface area contributed by atoms with Gasteiger partial charge in [-0.3, -0.25) is 4.79 Å². The van der Waals surface area contributed by atoms with Gasteiger partial charge in [-0.25, -0.2) is 4.79 Å². The highest BCUT2D eigenvalue weighted by Gasteiger charge is 2.12. The molecule has 6 heteroatoms. The Kier molecular flexibility index (Phi) is 4.06. The first-order chi connectivity index (χ1) is 10.2. The number of hydrogen-bond acceptors (Lipinski definition) is 3. The van der Waals surface area contributed by atoms with E-state index in [1.54, 1.807) is 18.2 Å². The van der Waals surface area contributed by atoms with Gasteiger partial charge in [0.05, 0.1) is 11.0 Å². The number of fused-ring (bicyclic) bond motifs is 1. The molecule has 1 saturated heterocycles. The summed E-state index contributed by atoms with van der Waals surface area (Å²) in [6.07, 6.45) is 4.28. The van der Waals surface area contributed by atoms with Crippen LogP contribution in [-0.4, -0.2) is 40.4 Å². The predicted octanol–water partition coefficient (Wildman–Crippen LogP) is 1.67. The Morgan fingerprint density at radius 1 is 1.14 bits per heavy atom. The van der Waals surface area contributed by atoms with Gasteiger partial charge in [0.15, 0.2) is 0 Å². The van der Waals surface area contributed by atoms with Crippen LogP contribution >= 0.6 is 0 Å². The van der Waals surface area contributed by atoms with E-state index < -0.39 is 0 Å². The number of nitrogens with zero attached hydrogens (tertiary/aromatic N) is 1. The molecule has 0 saturated carbocycles. The number of carbonyl (C=O) groups excluding carboxylic acids is 1. The van der Waals surface area contributed by atoms with E-state index >= 15 is 0 Å². The largest absolute Gasteiger partial charge is 0.326 e. The van der Waals surface area contributed by atoms with Crippen LogP contribution in [0.3, 0.4) is 0 Å². The van der Waals surface area contributed by atoms with Gasteiger partial charge in [0.2, 0.25) is 5.91 Å². The molecule has 1 amide bonds. The second-order valence-electron chi connectivity index (χ2n) is 5.54. The Labute approximate surface area is 122 Å². The van der Waals surface area contributed by atoms with Crippen LogP contribution in [0, 0.1) is 0 Å². The van der Waals surface area contributed by atoms with E-state index in [9.17, 15) is 9.59 Å². The molecule has 1 aliphatic heterocycles. The molecule has 6 nitrogen and oxygen atoms in total. The second kappa shape index (κ2) is 6.13. The molecule has 2 heterocycles. The Balaban J connectivity index is 1.56. The van der Waals surface area contributed by atoms with Crippen LogP contribution < -0.4 is 11.0 Å². The highest BCUT2D eigenvalue weighted by Crippen LogP contribution is 2.15. The van der Waals surface area contributed by atoms with Gasteiger partial charge in [-0.15, -0.1) is 0 Å². The van der Waals surface area contributed by atoms with E-state index in [-0.39, 0.29) is 11.6 Å². The van der Waals surface area contributed by atoms with Crippen molar-refractivity contribution in [1.29, 1.82) is 0 Å². The van der Waals surface area contributed by atoms with E-state index in [2.05, 4.69) is 20.2 Å². The van der Waals surface area contributed by atoms with Gasteiger partial charge in [0, 0.05) is 18.7 Å². The zero-order chi connectivity index (χ0) is 14.7. The van der Waals surface area contributed by atoms with Crippen LogP contribution in [-0.2, 0) is 4.79 Å². The maximum Gasteiger partial charge on any atom is 0.323 e. The topological polar surface area (TPSA) is 81.0 Å². The number of imidazole rings is 1. The summed E-state index contributed by atoms with van der Waals surface area (Å²) in [5.74, 6) is 0.0119. The number of amides is 1. The third kappa shape index (κ3) is 3.52. The number of nitrogens with one attached hydrogen (secondary N) is 3. The van der Waals surface area contributed by atoms with Gasteiger partial charge in [-0.1, -0.05) is 6.42 Å². The second-order valence-corrected chi connectivity index (χ2v) is 5.54. The maximum atomic E-state index is 12.0. The molecule has 2 aromatic rings. The zero-order valence-electron chi connectivity index (χ0n) is 11.9. The lowest BCUT2D eigenvalue weighted by molar-refractivity contribution is -0.116. The summed E-state index contributed by atoms with van der Waals surface area (Å²) in [4.78, 5) is 30.9. The Morgan fingerprint density at radius 3 is 2.71 bits per heavy atom. The summed E-state index contributed by atoms with van der Waals surface area (Å²) in [5, 5.41) is 2.88. The summed E-state index contributed by atoms with van der Waals surface area (Å²) >= 11 is 0. The highest BCUT2D eigenvalue weighted by molar-refractivity contribution is 5.93. The number of benzene rings is 1. The third-order valence-corrected chi connectivity index (χ3v) is 3.90. The van der Waals surface area contributed by atoms with E-state index in [0.29, 0.717) is 17.6 Å². The minimum Gasteiger partial charge on any atom is -0.326 e. The molecule has 0 aliphatic carbocycles. The lowest BCUT2D eigenvalue weighted by Gasteiger charge is -2.25. The molecule has 0 atom stereocenters. The average molecular weight is 288 g/mol. The van der Waals surface area contributed by atoms with Crippen molar-refractivity contribution in [3.8, 4) is 0 Å². The predicted molar refractivity (Wildman–Crippen MR) is 82.5 cm³/mol. The lowest BCUT2D eigenvalue weighted by atomic mass is 10.1. The first-order valence-electron chi connectivity index (χ1n) is 7.45. The number of likely N-dealkylation sites (tertiary alicyclic amines) is 1. The quantitative estimate of drug-likeness (QED) is 0.800. The van der Waals surface area contributed by atoms with Crippen molar-refractivity contribution in [2.24, 2.45) is 0 Å². The number of hydrogen-bond donors (Lipinski definition) is 3. The van der Waals surface area contributed by atoms with Crippen molar-refractivity contribution in [2.75, 3.05) is 25.0 Å². The molecular formula is C15H20N4O2. The molecule has 1 fully saturated rings. The molecule has 1 aromatic heterocycles. The van der Waals surface area contributed by atoms with Crippen molar-refractivity contribution < 1.29 is 4.79 Å². The van der Waals surface area contributed by atoms with Crippen molar-refractivity contribution in [2.45, 2.75) is 25.7 Å². The molecule has 0 radical (unpaired) electrons. The Hall–Kier alpha value is -2.08. The van der Waals surface area contributed by atoms with Crippen molar-refractivity contribution in [1.82, 2.24) is 14.9 Å². The summed E-state index contributed by atoms with van der Waals surface area (Å²) in [7, 11) is 0. The molecule has 0 unspecified atom stereocenters. The van der Waals surface area contributed by atoms with Crippen LogP contribution in [0.5, 0.6) is 0 Å². The van der Waals surface area contributed by atoms with Crippen molar-refractivity contribution >= 4 is 22.6 Å². The smallest absolute Gasteiger partial charge is 0.323 e. The van der Waals surface area contributed by atoms with Crippen LogP contribution in [0.25, 0.3) is 11.0 Å². The number of aromatic nitrogens is 2. The lowest BCUT2D eigenvalue weighted by Crippen LogP contribution is -2.32. The molecule has 0 spiro atoms. The van der Waals surface area contributed by atoms with Gasteiger partial charge in [0.1, 0.15) is 0 Å². The van der Waals surface area contributed by atoms with E-state index in [0.717, 1.165) is 25.2 Å². The van der Waals surface area contributed by atoms with Crippen molar-refractivity contribution in [3.63, 3.8) is 0 Å². The molecule has 3 rings (SSSR count). The number of H-pyrrole nitrogens is 2. The van der Waals surface area contributed by atoms with Gasteiger partial charge >= 0.3 is 5.69 Å². The molecule has 1 aromatic carbocycles. The molecule has 1 aliphatic rings. The number of rotatable bonds is 4. The summed E-state index contributed by atoms with van der Waals surface area (Å²) in [5.41, 5.74) is 1.92. The molecule has 0 bridgehead atoms. The fourth-order valence-electron chi connectivity index (χ4n) is 2.78. The summed E-state index contributed by atoms with van der Waals surface area (Å²) in [6.45, 7) is 3.02.